The predicted octanol–water partition coefficient (Wildman–Crippen LogP) is 6.50. The Balaban J connectivity index is 1.40. The SMILES string of the molecule is COc1ccc(C(F)(F)F)cc1-c1cccn2nc(Nc3ccc4c(c3)CCN(C(=O)OC(C)(C)C)CC4)nc12. The predicted molar refractivity (Wildman–Crippen MR) is 145 cm³/mol. The average molecular weight is 554 g/mol. The summed E-state index contributed by atoms with van der Waals surface area (Å²) >= 11 is 0. The Bertz CT molecular complexity index is 1560. The van der Waals surface area contributed by atoms with E-state index in [1.165, 1.54) is 17.7 Å². The van der Waals surface area contributed by atoms with Gasteiger partial charge < -0.3 is 19.7 Å². The van der Waals surface area contributed by atoms with Crippen molar-refractivity contribution in [2.24, 2.45) is 0 Å². The minimum Gasteiger partial charge on any atom is -0.496 e. The van der Waals surface area contributed by atoms with Gasteiger partial charge in [0.15, 0.2) is 5.65 Å². The first-order valence-corrected chi connectivity index (χ1v) is 12.9. The number of fused-ring (bicyclic) bond motifs is 2. The molecule has 40 heavy (non-hydrogen) atoms. The number of benzene rings is 2. The quantitative estimate of drug-likeness (QED) is 0.311. The van der Waals surface area contributed by atoms with E-state index in [4.69, 9.17) is 9.47 Å². The van der Waals surface area contributed by atoms with Crippen LogP contribution in [0.5, 0.6) is 5.75 Å². The number of nitrogens with one attached hydrogen (secondary N) is 1. The molecule has 0 saturated carbocycles. The zero-order valence-corrected chi connectivity index (χ0v) is 22.7. The molecule has 4 aromatic rings. The van der Waals surface area contributed by atoms with Crippen LogP contribution >= 0.6 is 0 Å². The second kappa shape index (κ2) is 10.4. The Kier molecular flexibility index (Phi) is 7.07. The number of halogens is 3. The van der Waals surface area contributed by atoms with Gasteiger partial charge in [-0.1, -0.05) is 6.07 Å². The van der Waals surface area contributed by atoms with E-state index in [0.29, 0.717) is 48.8 Å². The standard InChI is InChI=1S/C29H30F3N5O3/c1-28(2,3)40-27(38)36-14-11-18-7-9-21(16-19(18)12-15-36)33-26-34-25-22(6-5-13-37(25)35-26)23-17-20(29(30,31)32)8-10-24(23)39-4/h5-10,13,16-17H,11-12,14-15H2,1-4H3,(H,33,35). The van der Waals surface area contributed by atoms with Crippen molar-refractivity contribution in [3.8, 4) is 16.9 Å². The summed E-state index contributed by atoms with van der Waals surface area (Å²) in [5.41, 5.74) is 2.78. The van der Waals surface area contributed by atoms with Gasteiger partial charge in [0.2, 0.25) is 5.95 Å². The molecule has 5 rings (SSSR count). The molecule has 0 saturated heterocycles. The summed E-state index contributed by atoms with van der Waals surface area (Å²) in [4.78, 5) is 18.9. The van der Waals surface area contributed by atoms with Crippen LogP contribution in [0.1, 0.15) is 37.5 Å². The van der Waals surface area contributed by atoms with Gasteiger partial charge in [-0.05, 0) is 87.2 Å². The van der Waals surface area contributed by atoms with Gasteiger partial charge >= 0.3 is 12.3 Å². The van der Waals surface area contributed by atoms with Gasteiger partial charge in [0, 0.05) is 36.1 Å². The molecule has 0 bridgehead atoms. The number of rotatable bonds is 4. The summed E-state index contributed by atoms with van der Waals surface area (Å²) in [5, 5.41) is 7.70. The molecule has 2 aromatic heterocycles. The molecule has 0 spiro atoms. The number of aromatic nitrogens is 3. The number of carbonyl (C=O) groups is 1. The third-order valence-electron chi connectivity index (χ3n) is 6.60. The maximum atomic E-state index is 13.4. The number of anilines is 2. The van der Waals surface area contributed by atoms with Crippen LogP contribution in [0.25, 0.3) is 16.8 Å². The van der Waals surface area contributed by atoms with Crippen molar-refractivity contribution in [2.45, 2.75) is 45.4 Å². The molecule has 8 nitrogen and oxygen atoms in total. The maximum Gasteiger partial charge on any atom is 0.416 e. The summed E-state index contributed by atoms with van der Waals surface area (Å²) < 4.78 is 52.7. The van der Waals surface area contributed by atoms with E-state index in [2.05, 4.69) is 15.4 Å². The summed E-state index contributed by atoms with van der Waals surface area (Å²) in [7, 11) is 1.41. The average Bonchev–Trinajstić information content (AvgIpc) is 3.17. The monoisotopic (exact) mass is 553 g/mol. The molecule has 0 unspecified atom stereocenters. The fourth-order valence-corrected chi connectivity index (χ4v) is 4.71. The molecule has 2 aromatic carbocycles. The van der Waals surface area contributed by atoms with Crippen molar-refractivity contribution in [2.75, 3.05) is 25.5 Å². The summed E-state index contributed by atoms with van der Waals surface area (Å²) in [6, 6.07) is 12.7. The first-order chi connectivity index (χ1) is 18.9. The van der Waals surface area contributed by atoms with E-state index in [1.807, 2.05) is 39.0 Å². The van der Waals surface area contributed by atoms with Crippen LogP contribution in [0.4, 0.5) is 29.6 Å². The zero-order valence-electron chi connectivity index (χ0n) is 22.7. The maximum absolute atomic E-state index is 13.4. The number of hydrogen-bond donors (Lipinski definition) is 1. The Morgan fingerprint density at radius 2 is 1.73 bits per heavy atom. The number of ether oxygens (including phenoxy) is 2. The van der Waals surface area contributed by atoms with Gasteiger partial charge in [-0.15, -0.1) is 5.10 Å². The Morgan fingerprint density at radius 1 is 0.975 bits per heavy atom. The van der Waals surface area contributed by atoms with E-state index in [-0.39, 0.29) is 11.7 Å². The molecular weight excluding hydrogens is 523 g/mol. The van der Waals surface area contributed by atoms with Crippen molar-refractivity contribution in [3.05, 3.63) is 71.4 Å². The lowest BCUT2D eigenvalue weighted by Gasteiger charge is -2.26. The molecule has 210 valence electrons. The van der Waals surface area contributed by atoms with E-state index in [0.717, 1.165) is 28.9 Å². The van der Waals surface area contributed by atoms with E-state index < -0.39 is 17.3 Å². The normalized spacial score (nSPS) is 14.0. The first kappa shape index (κ1) is 27.3. The molecule has 0 fully saturated rings. The van der Waals surface area contributed by atoms with Crippen LogP contribution in [0, 0.1) is 0 Å². The van der Waals surface area contributed by atoms with Crippen LogP contribution in [0.15, 0.2) is 54.7 Å². The largest absolute Gasteiger partial charge is 0.496 e. The summed E-state index contributed by atoms with van der Waals surface area (Å²) in [6.45, 7) is 6.66. The van der Waals surface area contributed by atoms with E-state index >= 15 is 0 Å². The van der Waals surface area contributed by atoms with Crippen LogP contribution in [0.2, 0.25) is 0 Å². The highest BCUT2D eigenvalue weighted by Gasteiger charge is 2.32. The third-order valence-corrected chi connectivity index (χ3v) is 6.60. The highest BCUT2D eigenvalue weighted by atomic mass is 19.4. The van der Waals surface area contributed by atoms with E-state index in [1.54, 1.807) is 23.2 Å². The van der Waals surface area contributed by atoms with Crippen molar-refractivity contribution in [3.63, 3.8) is 0 Å². The molecule has 1 N–H and O–H groups in total. The minimum absolute atomic E-state index is 0.265. The summed E-state index contributed by atoms with van der Waals surface area (Å²) in [6.07, 6.45) is -1.76. The smallest absolute Gasteiger partial charge is 0.416 e. The molecule has 1 aliphatic heterocycles. The Morgan fingerprint density at radius 3 is 2.42 bits per heavy atom. The number of alkyl halides is 3. The third kappa shape index (κ3) is 5.83. The van der Waals surface area contributed by atoms with Crippen LogP contribution in [-0.2, 0) is 23.8 Å². The number of carbonyl (C=O) groups excluding carboxylic acids is 1. The molecule has 0 aliphatic carbocycles. The number of amides is 1. The van der Waals surface area contributed by atoms with Gasteiger partial charge in [-0.3, -0.25) is 0 Å². The lowest BCUT2D eigenvalue weighted by atomic mass is 10.0. The van der Waals surface area contributed by atoms with Crippen molar-refractivity contribution in [1.29, 1.82) is 0 Å². The van der Waals surface area contributed by atoms with Crippen LogP contribution in [-0.4, -0.2) is 51.4 Å². The second-order valence-electron chi connectivity index (χ2n) is 10.6. The zero-order chi connectivity index (χ0) is 28.7. The van der Waals surface area contributed by atoms with Crippen molar-refractivity contribution in [1.82, 2.24) is 19.5 Å². The highest BCUT2D eigenvalue weighted by molar-refractivity contribution is 5.82. The minimum atomic E-state index is -4.50. The Hall–Kier alpha value is -4.28. The fourth-order valence-electron chi connectivity index (χ4n) is 4.71. The van der Waals surface area contributed by atoms with Crippen molar-refractivity contribution < 1.29 is 27.4 Å². The van der Waals surface area contributed by atoms with Gasteiger partial charge in [0.25, 0.3) is 0 Å². The molecular formula is C29H30F3N5O3. The molecule has 0 radical (unpaired) electrons. The lowest BCUT2D eigenvalue weighted by molar-refractivity contribution is -0.137. The number of pyridine rings is 1. The second-order valence-corrected chi connectivity index (χ2v) is 10.6. The molecule has 1 aliphatic rings. The first-order valence-electron chi connectivity index (χ1n) is 12.9. The number of nitrogens with zero attached hydrogens (tertiary/aromatic N) is 4. The van der Waals surface area contributed by atoms with Crippen LogP contribution in [0.3, 0.4) is 0 Å². The number of methoxy groups -OCH3 is 1. The molecule has 1 amide bonds. The van der Waals surface area contributed by atoms with Gasteiger partial charge in [-0.25, -0.2) is 9.31 Å². The number of hydrogen-bond acceptors (Lipinski definition) is 6. The topological polar surface area (TPSA) is 81.0 Å². The highest BCUT2D eigenvalue weighted by Crippen LogP contribution is 2.38. The van der Waals surface area contributed by atoms with E-state index in [9.17, 15) is 18.0 Å². The molecule has 11 heteroatoms. The molecule has 0 atom stereocenters. The lowest BCUT2D eigenvalue weighted by Crippen LogP contribution is -2.38. The molecule has 3 heterocycles. The Labute approximate surface area is 229 Å². The fraction of sp³-hybridized carbons (Fsp3) is 0.345. The van der Waals surface area contributed by atoms with Crippen LogP contribution < -0.4 is 10.1 Å². The summed E-state index contributed by atoms with van der Waals surface area (Å²) in [5.74, 6) is 0.590. The van der Waals surface area contributed by atoms with Gasteiger partial charge in [0.1, 0.15) is 11.4 Å². The van der Waals surface area contributed by atoms with Gasteiger partial charge in [-0.2, -0.15) is 18.2 Å². The van der Waals surface area contributed by atoms with Gasteiger partial charge in [0.05, 0.1) is 12.7 Å². The van der Waals surface area contributed by atoms with Crippen molar-refractivity contribution >= 4 is 23.4 Å².